The van der Waals surface area contributed by atoms with Crippen LogP contribution in [0.5, 0.6) is 0 Å². The number of anilines is 1. The van der Waals surface area contributed by atoms with Crippen LogP contribution in [0.15, 0.2) is 54.6 Å². The largest absolute Gasteiger partial charge is 0.357 e. The molecule has 23 heavy (non-hydrogen) atoms. The Morgan fingerprint density at radius 3 is 2.43 bits per heavy atom. The van der Waals surface area contributed by atoms with E-state index in [0.717, 1.165) is 34.8 Å². The van der Waals surface area contributed by atoms with E-state index < -0.39 is 0 Å². The molecule has 3 aromatic rings. The molecule has 116 valence electrons. The number of rotatable bonds is 2. The monoisotopic (exact) mass is 322 g/mol. The summed E-state index contributed by atoms with van der Waals surface area (Å²) in [6.45, 7) is 2.20. The van der Waals surface area contributed by atoms with E-state index in [9.17, 15) is 0 Å². The topological polar surface area (TPSA) is 16.1 Å². The Morgan fingerprint density at radius 2 is 1.65 bits per heavy atom. The van der Waals surface area contributed by atoms with Crippen molar-refractivity contribution >= 4 is 28.3 Å². The number of benzene rings is 2. The highest BCUT2D eigenvalue weighted by Gasteiger charge is 2.15. The van der Waals surface area contributed by atoms with E-state index in [1.54, 1.807) is 0 Å². The van der Waals surface area contributed by atoms with Gasteiger partial charge in [-0.3, -0.25) is 0 Å². The van der Waals surface area contributed by atoms with E-state index in [4.69, 9.17) is 16.6 Å². The molecule has 0 spiro atoms. The molecule has 2 aromatic carbocycles. The van der Waals surface area contributed by atoms with Crippen LogP contribution in [0.2, 0.25) is 5.02 Å². The SMILES string of the molecule is Clc1ccc2nc(N3CCCCC3)cc(-c3ccccc3)c2c1. The van der Waals surface area contributed by atoms with Crippen LogP contribution in [0, 0.1) is 0 Å². The lowest BCUT2D eigenvalue weighted by Gasteiger charge is -2.28. The first-order valence-corrected chi connectivity index (χ1v) is 8.60. The Balaban J connectivity index is 1.91. The number of pyridine rings is 1. The third-order valence-electron chi connectivity index (χ3n) is 4.52. The zero-order chi connectivity index (χ0) is 15.6. The third kappa shape index (κ3) is 2.91. The van der Waals surface area contributed by atoms with Gasteiger partial charge >= 0.3 is 0 Å². The summed E-state index contributed by atoms with van der Waals surface area (Å²) < 4.78 is 0. The number of nitrogens with zero attached hydrogens (tertiary/aromatic N) is 2. The Kier molecular flexibility index (Phi) is 3.92. The van der Waals surface area contributed by atoms with Crippen molar-refractivity contribution in [1.82, 2.24) is 4.98 Å². The fraction of sp³-hybridized carbons (Fsp3) is 0.250. The van der Waals surface area contributed by atoms with Crippen molar-refractivity contribution in [2.75, 3.05) is 18.0 Å². The molecule has 0 saturated carbocycles. The number of hydrogen-bond acceptors (Lipinski definition) is 2. The summed E-state index contributed by atoms with van der Waals surface area (Å²) >= 11 is 6.23. The lowest BCUT2D eigenvalue weighted by Crippen LogP contribution is -2.30. The Bertz CT molecular complexity index is 824. The zero-order valence-electron chi connectivity index (χ0n) is 13.0. The van der Waals surface area contributed by atoms with E-state index in [-0.39, 0.29) is 0 Å². The molecular formula is C20H19ClN2. The molecular weight excluding hydrogens is 304 g/mol. The Labute approximate surface area is 141 Å². The molecule has 0 radical (unpaired) electrons. The number of hydrogen-bond donors (Lipinski definition) is 0. The molecule has 1 fully saturated rings. The van der Waals surface area contributed by atoms with Crippen LogP contribution in [-0.4, -0.2) is 18.1 Å². The Hall–Kier alpha value is -2.06. The minimum Gasteiger partial charge on any atom is -0.357 e. The first-order valence-electron chi connectivity index (χ1n) is 8.22. The molecule has 2 nitrogen and oxygen atoms in total. The molecule has 0 aliphatic carbocycles. The van der Waals surface area contributed by atoms with Crippen LogP contribution in [0.3, 0.4) is 0 Å². The normalized spacial score (nSPS) is 15.1. The maximum absolute atomic E-state index is 6.23. The van der Waals surface area contributed by atoms with Crippen LogP contribution in [-0.2, 0) is 0 Å². The van der Waals surface area contributed by atoms with Crippen molar-refractivity contribution in [1.29, 1.82) is 0 Å². The molecule has 0 atom stereocenters. The summed E-state index contributed by atoms with van der Waals surface area (Å²) in [6, 6.07) is 18.7. The van der Waals surface area contributed by atoms with Gasteiger partial charge in [0.2, 0.25) is 0 Å². The van der Waals surface area contributed by atoms with Gasteiger partial charge in [0.15, 0.2) is 0 Å². The highest BCUT2D eigenvalue weighted by molar-refractivity contribution is 6.31. The van der Waals surface area contributed by atoms with Gasteiger partial charge in [0, 0.05) is 23.5 Å². The van der Waals surface area contributed by atoms with Crippen molar-refractivity contribution in [3.05, 3.63) is 59.6 Å². The van der Waals surface area contributed by atoms with Crippen LogP contribution < -0.4 is 4.90 Å². The summed E-state index contributed by atoms with van der Waals surface area (Å²) in [5.41, 5.74) is 3.43. The maximum atomic E-state index is 6.23. The maximum Gasteiger partial charge on any atom is 0.129 e. The summed E-state index contributed by atoms with van der Waals surface area (Å²) in [5.74, 6) is 1.08. The number of fused-ring (bicyclic) bond motifs is 1. The van der Waals surface area contributed by atoms with Crippen molar-refractivity contribution in [3.8, 4) is 11.1 Å². The molecule has 4 rings (SSSR count). The first-order chi connectivity index (χ1) is 11.3. The summed E-state index contributed by atoms with van der Waals surface area (Å²) in [4.78, 5) is 7.30. The van der Waals surface area contributed by atoms with Gasteiger partial charge in [-0.1, -0.05) is 41.9 Å². The fourth-order valence-corrected chi connectivity index (χ4v) is 3.50. The standard InChI is InChI=1S/C20H19ClN2/c21-16-9-10-19-18(13-16)17(15-7-3-1-4-8-15)14-20(22-19)23-11-5-2-6-12-23/h1,3-4,7-10,13-14H,2,5-6,11-12H2. The minimum atomic E-state index is 0.752. The van der Waals surface area contributed by atoms with Crippen molar-refractivity contribution < 1.29 is 0 Å². The van der Waals surface area contributed by atoms with E-state index >= 15 is 0 Å². The first kappa shape index (κ1) is 14.5. The van der Waals surface area contributed by atoms with Gasteiger partial charge in [0.05, 0.1) is 5.52 Å². The van der Waals surface area contributed by atoms with Crippen LogP contribution in [0.1, 0.15) is 19.3 Å². The summed E-state index contributed by atoms with van der Waals surface area (Å²) in [7, 11) is 0. The highest BCUT2D eigenvalue weighted by atomic mass is 35.5. The summed E-state index contributed by atoms with van der Waals surface area (Å²) in [5, 5.41) is 1.87. The van der Waals surface area contributed by atoms with E-state index in [1.807, 2.05) is 24.3 Å². The highest BCUT2D eigenvalue weighted by Crippen LogP contribution is 2.33. The Morgan fingerprint density at radius 1 is 0.870 bits per heavy atom. The predicted octanol–water partition coefficient (Wildman–Crippen LogP) is 5.55. The molecule has 1 saturated heterocycles. The quantitative estimate of drug-likeness (QED) is 0.615. The van der Waals surface area contributed by atoms with Crippen LogP contribution in [0.25, 0.3) is 22.0 Å². The molecule has 0 amide bonds. The lowest BCUT2D eigenvalue weighted by atomic mass is 10.0. The van der Waals surface area contributed by atoms with Gasteiger partial charge in [-0.05, 0) is 54.7 Å². The molecule has 3 heteroatoms. The van der Waals surface area contributed by atoms with Gasteiger partial charge in [-0.25, -0.2) is 4.98 Å². The second-order valence-electron chi connectivity index (χ2n) is 6.10. The van der Waals surface area contributed by atoms with Gasteiger partial charge in [0.25, 0.3) is 0 Å². The van der Waals surface area contributed by atoms with Crippen molar-refractivity contribution in [2.24, 2.45) is 0 Å². The molecule has 0 bridgehead atoms. The van der Waals surface area contributed by atoms with Crippen LogP contribution in [0.4, 0.5) is 5.82 Å². The number of piperidine rings is 1. The number of halogens is 1. The van der Waals surface area contributed by atoms with Gasteiger partial charge < -0.3 is 4.90 Å². The van der Waals surface area contributed by atoms with Gasteiger partial charge in [-0.2, -0.15) is 0 Å². The van der Waals surface area contributed by atoms with Crippen molar-refractivity contribution in [2.45, 2.75) is 19.3 Å². The second-order valence-corrected chi connectivity index (χ2v) is 6.54. The average Bonchev–Trinajstić information content (AvgIpc) is 2.62. The number of aromatic nitrogens is 1. The molecule has 2 heterocycles. The molecule has 1 aliphatic rings. The molecule has 0 N–H and O–H groups in total. The van der Waals surface area contributed by atoms with E-state index in [0.29, 0.717) is 0 Å². The zero-order valence-corrected chi connectivity index (χ0v) is 13.8. The molecule has 1 aliphatic heterocycles. The minimum absolute atomic E-state index is 0.752. The fourth-order valence-electron chi connectivity index (χ4n) is 3.33. The molecule has 0 unspecified atom stereocenters. The smallest absolute Gasteiger partial charge is 0.129 e. The predicted molar refractivity (Wildman–Crippen MR) is 98.3 cm³/mol. The van der Waals surface area contributed by atoms with E-state index in [1.165, 1.54) is 30.4 Å². The lowest BCUT2D eigenvalue weighted by molar-refractivity contribution is 0.574. The van der Waals surface area contributed by atoms with Gasteiger partial charge in [-0.15, -0.1) is 0 Å². The van der Waals surface area contributed by atoms with Crippen LogP contribution >= 0.6 is 11.6 Å². The summed E-state index contributed by atoms with van der Waals surface area (Å²) in [6.07, 6.45) is 3.83. The van der Waals surface area contributed by atoms with E-state index in [2.05, 4.69) is 35.2 Å². The molecule has 1 aromatic heterocycles. The average molecular weight is 323 g/mol. The second kappa shape index (κ2) is 6.21. The van der Waals surface area contributed by atoms with Gasteiger partial charge in [0.1, 0.15) is 5.82 Å². The third-order valence-corrected chi connectivity index (χ3v) is 4.76. The van der Waals surface area contributed by atoms with Crippen molar-refractivity contribution in [3.63, 3.8) is 0 Å².